The second-order valence-electron chi connectivity index (χ2n) is 5.17. The standard InChI is InChI=1S/C14H17NOS/c1-14(2,3)15-9-12(16)11-6-4-5-10-7-8-17-13(10)11/h4-8,15H,9H2,1-3H3. The van der Waals surface area contributed by atoms with Crippen molar-refractivity contribution in [3.05, 3.63) is 35.2 Å². The summed E-state index contributed by atoms with van der Waals surface area (Å²) in [5.41, 5.74) is 0.799. The van der Waals surface area contributed by atoms with Crippen LogP contribution in [0, 0.1) is 0 Å². The van der Waals surface area contributed by atoms with Gasteiger partial charge in [0.1, 0.15) is 0 Å². The average Bonchev–Trinajstić information content (AvgIpc) is 2.72. The number of ketones is 1. The van der Waals surface area contributed by atoms with E-state index in [1.165, 1.54) is 0 Å². The summed E-state index contributed by atoms with van der Waals surface area (Å²) in [5.74, 6) is 0.160. The van der Waals surface area contributed by atoms with E-state index in [0.717, 1.165) is 15.6 Å². The van der Waals surface area contributed by atoms with Crippen molar-refractivity contribution in [2.24, 2.45) is 0 Å². The number of nitrogens with one attached hydrogen (secondary N) is 1. The Hall–Kier alpha value is -1.19. The molecule has 0 saturated heterocycles. The summed E-state index contributed by atoms with van der Waals surface area (Å²) in [6.07, 6.45) is 0. The van der Waals surface area contributed by atoms with Gasteiger partial charge in [-0.3, -0.25) is 4.79 Å². The molecule has 1 heterocycles. The van der Waals surface area contributed by atoms with E-state index in [4.69, 9.17) is 0 Å². The normalized spacial score (nSPS) is 11.9. The average molecular weight is 247 g/mol. The number of benzene rings is 1. The Balaban J connectivity index is 2.22. The van der Waals surface area contributed by atoms with Gasteiger partial charge in [0.2, 0.25) is 0 Å². The Kier molecular flexibility index (Phi) is 3.31. The van der Waals surface area contributed by atoms with Crippen molar-refractivity contribution in [3.8, 4) is 0 Å². The van der Waals surface area contributed by atoms with E-state index >= 15 is 0 Å². The Morgan fingerprint density at radius 2 is 2.06 bits per heavy atom. The lowest BCUT2D eigenvalue weighted by Crippen LogP contribution is -2.39. The number of hydrogen-bond donors (Lipinski definition) is 1. The third-order valence-corrected chi connectivity index (χ3v) is 3.52. The zero-order valence-corrected chi connectivity index (χ0v) is 11.2. The van der Waals surface area contributed by atoms with Gasteiger partial charge in [0, 0.05) is 15.8 Å². The molecular weight excluding hydrogens is 230 g/mol. The van der Waals surface area contributed by atoms with Crippen LogP contribution in [0.25, 0.3) is 10.1 Å². The summed E-state index contributed by atoms with van der Waals surface area (Å²) in [5, 5.41) is 6.41. The molecule has 0 saturated carbocycles. The largest absolute Gasteiger partial charge is 0.305 e. The SMILES string of the molecule is CC(C)(C)NCC(=O)c1cccc2ccsc12. The van der Waals surface area contributed by atoms with Crippen molar-refractivity contribution in [1.29, 1.82) is 0 Å². The van der Waals surface area contributed by atoms with Gasteiger partial charge in [-0.15, -0.1) is 11.3 Å². The maximum atomic E-state index is 12.1. The molecule has 2 aromatic rings. The van der Waals surface area contributed by atoms with E-state index in [-0.39, 0.29) is 11.3 Å². The predicted molar refractivity (Wildman–Crippen MR) is 73.9 cm³/mol. The molecule has 0 bridgehead atoms. The predicted octanol–water partition coefficient (Wildman–Crippen LogP) is 3.47. The fourth-order valence-corrected chi connectivity index (χ4v) is 2.59. The lowest BCUT2D eigenvalue weighted by molar-refractivity contribution is 0.0984. The molecule has 90 valence electrons. The fourth-order valence-electron chi connectivity index (χ4n) is 1.65. The van der Waals surface area contributed by atoms with Gasteiger partial charge in [0.25, 0.3) is 0 Å². The van der Waals surface area contributed by atoms with Crippen LogP contribution >= 0.6 is 11.3 Å². The smallest absolute Gasteiger partial charge is 0.178 e. The first-order chi connectivity index (χ1) is 7.97. The van der Waals surface area contributed by atoms with Gasteiger partial charge in [-0.25, -0.2) is 0 Å². The molecule has 1 N–H and O–H groups in total. The Morgan fingerprint density at radius 1 is 1.29 bits per heavy atom. The molecule has 0 aliphatic rings. The molecule has 0 spiro atoms. The van der Waals surface area contributed by atoms with Gasteiger partial charge in [-0.05, 0) is 43.7 Å². The second kappa shape index (κ2) is 4.59. The molecule has 1 aromatic carbocycles. The van der Waals surface area contributed by atoms with Crippen LogP contribution in [0.1, 0.15) is 31.1 Å². The lowest BCUT2D eigenvalue weighted by atomic mass is 10.1. The van der Waals surface area contributed by atoms with Crippen molar-refractivity contribution in [2.75, 3.05) is 6.54 Å². The minimum atomic E-state index is -0.0288. The van der Waals surface area contributed by atoms with Gasteiger partial charge in [-0.2, -0.15) is 0 Å². The summed E-state index contributed by atoms with van der Waals surface area (Å²) >= 11 is 1.63. The molecule has 0 fully saturated rings. The van der Waals surface area contributed by atoms with Crippen LogP contribution in [0.15, 0.2) is 29.6 Å². The van der Waals surface area contributed by atoms with Gasteiger partial charge < -0.3 is 5.32 Å². The van der Waals surface area contributed by atoms with Crippen LogP contribution in [-0.4, -0.2) is 17.9 Å². The van der Waals surface area contributed by atoms with E-state index in [2.05, 4.69) is 26.1 Å². The van der Waals surface area contributed by atoms with Crippen LogP contribution < -0.4 is 5.32 Å². The molecule has 0 radical (unpaired) electrons. The number of hydrogen-bond acceptors (Lipinski definition) is 3. The van der Waals surface area contributed by atoms with Crippen molar-refractivity contribution in [1.82, 2.24) is 5.32 Å². The number of carbonyl (C=O) groups is 1. The third-order valence-electron chi connectivity index (χ3n) is 2.56. The van der Waals surface area contributed by atoms with Crippen molar-refractivity contribution < 1.29 is 4.79 Å². The maximum Gasteiger partial charge on any atom is 0.178 e. The fraction of sp³-hybridized carbons (Fsp3) is 0.357. The highest BCUT2D eigenvalue weighted by atomic mass is 32.1. The van der Waals surface area contributed by atoms with Crippen LogP contribution in [0.3, 0.4) is 0 Å². The molecule has 3 heteroatoms. The van der Waals surface area contributed by atoms with Crippen molar-refractivity contribution in [3.63, 3.8) is 0 Å². The van der Waals surface area contributed by atoms with E-state index in [0.29, 0.717) is 6.54 Å². The molecule has 0 amide bonds. The Labute approximate surface area is 106 Å². The van der Waals surface area contributed by atoms with Crippen molar-refractivity contribution >= 4 is 27.2 Å². The highest BCUT2D eigenvalue weighted by Crippen LogP contribution is 2.24. The second-order valence-corrected chi connectivity index (χ2v) is 6.09. The van der Waals surface area contributed by atoms with E-state index in [9.17, 15) is 4.79 Å². The summed E-state index contributed by atoms with van der Waals surface area (Å²) in [4.78, 5) is 12.1. The minimum absolute atomic E-state index is 0.0288. The Bertz CT molecular complexity index is 536. The zero-order valence-electron chi connectivity index (χ0n) is 10.4. The number of thiophene rings is 1. The molecule has 0 aliphatic carbocycles. The number of rotatable bonds is 3. The molecule has 1 aromatic heterocycles. The Morgan fingerprint density at radius 3 is 2.76 bits per heavy atom. The molecule has 2 nitrogen and oxygen atoms in total. The first-order valence-corrected chi connectivity index (χ1v) is 6.60. The summed E-state index contributed by atoms with van der Waals surface area (Å²) in [6, 6.07) is 7.94. The monoisotopic (exact) mass is 247 g/mol. The molecule has 0 unspecified atom stereocenters. The van der Waals surface area contributed by atoms with Gasteiger partial charge in [-0.1, -0.05) is 12.1 Å². The molecular formula is C14H17NOS. The van der Waals surface area contributed by atoms with Crippen LogP contribution in [0.4, 0.5) is 0 Å². The molecule has 17 heavy (non-hydrogen) atoms. The van der Waals surface area contributed by atoms with Crippen LogP contribution in [0.2, 0.25) is 0 Å². The lowest BCUT2D eigenvalue weighted by Gasteiger charge is -2.19. The zero-order chi connectivity index (χ0) is 12.5. The number of fused-ring (bicyclic) bond motifs is 1. The van der Waals surface area contributed by atoms with E-state index < -0.39 is 0 Å². The van der Waals surface area contributed by atoms with Gasteiger partial charge in [0.15, 0.2) is 5.78 Å². The minimum Gasteiger partial charge on any atom is -0.305 e. The quantitative estimate of drug-likeness (QED) is 0.841. The summed E-state index contributed by atoms with van der Waals surface area (Å²) in [6.45, 7) is 6.57. The van der Waals surface area contributed by atoms with Gasteiger partial charge in [0.05, 0.1) is 6.54 Å². The van der Waals surface area contributed by atoms with Gasteiger partial charge >= 0.3 is 0 Å². The topological polar surface area (TPSA) is 29.1 Å². The first-order valence-electron chi connectivity index (χ1n) is 5.72. The third kappa shape index (κ3) is 2.93. The van der Waals surface area contributed by atoms with Crippen LogP contribution in [0.5, 0.6) is 0 Å². The number of carbonyl (C=O) groups excluding carboxylic acids is 1. The molecule has 2 rings (SSSR count). The highest BCUT2D eigenvalue weighted by Gasteiger charge is 2.14. The number of Topliss-reactive ketones (excluding diaryl/α,β-unsaturated/α-hetero) is 1. The maximum absolute atomic E-state index is 12.1. The van der Waals surface area contributed by atoms with Crippen LogP contribution in [-0.2, 0) is 0 Å². The van der Waals surface area contributed by atoms with E-state index in [1.54, 1.807) is 11.3 Å². The highest BCUT2D eigenvalue weighted by molar-refractivity contribution is 7.17. The first kappa shape index (κ1) is 12.3. The van der Waals surface area contributed by atoms with Crippen molar-refractivity contribution in [2.45, 2.75) is 26.3 Å². The molecule has 0 aliphatic heterocycles. The summed E-state index contributed by atoms with van der Waals surface area (Å²) in [7, 11) is 0. The summed E-state index contributed by atoms with van der Waals surface area (Å²) < 4.78 is 1.09. The molecule has 0 atom stereocenters. The van der Waals surface area contributed by atoms with E-state index in [1.807, 2.05) is 29.6 Å².